The molecule has 4 nitrogen and oxygen atoms in total. The van der Waals surface area contributed by atoms with E-state index in [1.165, 1.54) is 5.57 Å². The predicted molar refractivity (Wildman–Crippen MR) is 115 cm³/mol. The Bertz CT molecular complexity index is 764. The smallest absolute Gasteiger partial charge is 0.253 e. The number of benzene rings is 1. The van der Waals surface area contributed by atoms with Gasteiger partial charge in [0.2, 0.25) is 0 Å². The third-order valence-corrected chi connectivity index (χ3v) is 5.69. The molecule has 0 atom stereocenters. The highest BCUT2D eigenvalue weighted by atomic mass is 35.5. The van der Waals surface area contributed by atoms with Gasteiger partial charge in [-0.15, -0.1) is 0 Å². The molecule has 0 aliphatic carbocycles. The topological polar surface area (TPSA) is 32.8 Å². The SMILES string of the molecule is C=C/C=C\C1=C(C)CCN(CCN2CCC(Oc3cccc(Cl)c3)CC2)C1=O. The molecule has 1 saturated heterocycles. The number of piperidine rings is 1. The Labute approximate surface area is 173 Å². The average Bonchev–Trinajstić information content (AvgIpc) is 2.68. The maximum atomic E-state index is 12.7. The van der Waals surface area contributed by atoms with E-state index in [-0.39, 0.29) is 12.0 Å². The fourth-order valence-corrected chi connectivity index (χ4v) is 3.91. The molecule has 0 aromatic heterocycles. The molecule has 1 aromatic rings. The van der Waals surface area contributed by atoms with Crippen LogP contribution in [0.4, 0.5) is 0 Å². The Morgan fingerprint density at radius 1 is 1.25 bits per heavy atom. The molecule has 1 fully saturated rings. The van der Waals surface area contributed by atoms with Gasteiger partial charge in [0.25, 0.3) is 5.91 Å². The van der Waals surface area contributed by atoms with E-state index in [1.54, 1.807) is 6.08 Å². The quantitative estimate of drug-likeness (QED) is 0.633. The highest BCUT2D eigenvalue weighted by Crippen LogP contribution is 2.23. The van der Waals surface area contributed by atoms with Crippen molar-refractivity contribution in [2.45, 2.75) is 32.3 Å². The van der Waals surface area contributed by atoms with Gasteiger partial charge in [-0.05, 0) is 50.5 Å². The number of halogens is 1. The van der Waals surface area contributed by atoms with Crippen molar-refractivity contribution in [2.24, 2.45) is 0 Å². The van der Waals surface area contributed by atoms with Crippen molar-refractivity contribution >= 4 is 17.5 Å². The molecule has 0 N–H and O–H groups in total. The van der Waals surface area contributed by atoms with E-state index in [0.29, 0.717) is 5.02 Å². The highest BCUT2D eigenvalue weighted by molar-refractivity contribution is 6.30. The van der Waals surface area contributed by atoms with Gasteiger partial charge in [-0.3, -0.25) is 4.79 Å². The van der Waals surface area contributed by atoms with Crippen LogP contribution in [0.3, 0.4) is 0 Å². The zero-order chi connectivity index (χ0) is 19.9. The Hall–Kier alpha value is -2.04. The minimum atomic E-state index is 0.140. The van der Waals surface area contributed by atoms with Crippen LogP contribution < -0.4 is 4.74 Å². The molecule has 28 heavy (non-hydrogen) atoms. The van der Waals surface area contributed by atoms with E-state index in [9.17, 15) is 4.79 Å². The molecule has 2 aliphatic rings. The summed E-state index contributed by atoms with van der Waals surface area (Å²) in [5, 5.41) is 0.702. The molecule has 2 heterocycles. The molecule has 0 radical (unpaired) electrons. The first-order valence-electron chi connectivity index (χ1n) is 9.99. The zero-order valence-corrected chi connectivity index (χ0v) is 17.3. The number of allylic oxidation sites excluding steroid dienone is 2. The maximum absolute atomic E-state index is 12.7. The molecule has 3 rings (SSSR count). The number of likely N-dealkylation sites (tertiary alicyclic amines) is 1. The first-order chi connectivity index (χ1) is 13.6. The lowest BCUT2D eigenvalue weighted by Crippen LogP contribution is -2.45. The lowest BCUT2D eigenvalue weighted by molar-refractivity contribution is -0.127. The molecule has 1 aromatic carbocycles. The van der Waals surface area contributed by atoms with Gasteiger partial charge in [0.1, 0.15) is 11.9 Å². The van der Waals surface area contributed by atoms with E-state index >= 15 is 0 Å². The number of hydrogen-bond donors (Lipinski definition) is 0. The van der Waals surface area contributed by atoms with E-state index in [4.69, 9.17) is 16.3 Å². The fourth-order valence-electron chi connectivity index (χ4n) is 3.73. The summed E-state index contributed by atoms with van der Waals surface area (Å²) in [6.45, 7) is 10.2. The summed E-state index contributed by atoms with van der Waals surface area (Å²) in [5.74, 6) is 0.980. The molecule has 5 heteroatoms. The van der Waals surface area contributed by atoms with Crippen molar-refractivity contribution in [2.75, 3.05) is 32.7 Å². The van der Waals surface area contributed by atoms with E-state index in [2.05, 4.69) is 11.5 Å². The Morgan fingerprint density at radius 3 is 2.75 bits per heavy atom. The van der Waals surface area contributed by atoms with Gasteiger partial charge in [-0.1, -0.05) is 42.0 Å². The molecule has 1 amide bonds. The molecular weight excluding hydrogens is 372 g/mol. The van der Waals surface area contributed by atoms with E-state index in [1.807, 2.05) is 48.2 Å². The van der Waals surface area contributed by atoms with Crippen molar-refractivity contribution in [1.29, 1.82) is 0 Å². The lowest BCUT2D eigenvalue weighted by atomic mass is 10.00. The van der Waals surface area contributed by atoms with Crippen LogP contribution in [0.5, 0.6) is 5.75 Å². The summed E-state index contributed by atoms with van der Waals surface area (Å²) in [4.78, 5) is 17.1. The van der Waals surface area contributed by atoms with E-state index < -0.39 is 0 Å². The zero-order valence-electron chi connectivity index (χ0n) is 16.6. The summed E-state index contributed by atoms with van der Waals surface area (Å²) in [7, 11) is 0. The average molecular weight is 401 g/mol. The van der Waals surface area contributed by atoms with Crippen molar-refractivity contribution in [3.63, 3.8) is 0 Å². The first kappa shape index (κ1) is 20.7. The second-order valence-corrected chi connectivity index (χ2v) is 7.88. The number of ether oxygens (including phenoxy) is 1. The fraction of sp³-hybridized carbons (Fsp3) is 0.435. The molecule has 2 aliphatic heterocycles. The van der Waals surface area contributed by atoms with Crippen LogP contribution in [0.1, 0.15) is 26.2 Å². The van der Waals surface area contributed by atoms with Crippen LogP contribution in [0.15, 0.2) is 60.2 Å². The van der Waals surface area contributed by atoms with Gasteiger partial charge in [-0.2, -0.15) is 0 Å². The van der Waals surface area contributed by atoms with Crippen LogP contribution in [-0.4, -0.2) is 54.5 Å². The van der Waals surface area contributed by atoms with Crippen LogP contribution in [0, 0.1) is 0 Å². The van der Waals surface area contributed by atoms with Gasteiger partial charge in [0.05, 0.1) is 0 Å². The minimum Gasteiger partial charge on any atom is -0.490 e. The largest absolute Gasteiger partial charge is 0.490 e. The third-order valence-electron chi connectivity index (χ3n) is 5.45. The Morgan fingerprint density at radius 2 is 2.04 bits per heavy atom. The van der Waals surface area contributed by atoms with Gasteiger partial charge in [-0.25, -0.2) is 0 Å². The van der Waals surface area contributed by atoms with Gasteiger partial charge >= 0.3 is 0 Å². The predicted octanol–water partition coefficient (Wildman–Crippen LogP) is 4.47. The Kier molecular flexibility index (Phi) is 7.35. The van der Waals surface area contributed by atoms with Gasteiger partial charge in [0, 0.05) is 43.3 Å². The standard InChI is InChI=1S/C23H29ClN2O2/c1-3-4-8-22-18(2)9-14-26(23(22)27)16-15-25-12-10-20(11-13-25)28-21-7-5-6-19(24)17-21/h3-8,17,20H,1,9-16H2,2H3/b8-4-. The maximum Gasteiger partial charge on any atom is 0.253 e. The third kappa shape index (κ3) is 5.49. The minimum absolute atomic E-state index is 0.140. The summed E-state index contributed by atoms with van der Waals surface area (Å²) < 4.78 is 6.06. The van der Waals surface area contributed by atoms with Crippen molar-refractivity contribution in [3.8, 4) is 5.75 Å². The van der Waals surface area contributed by atoms with Crippen LogP contribution >= 0.6 is 11.6 Å². The molecule has 0 bridgehead atoms. The molecule has 150 valence electrons. The molecule has 0 unspecified atom stereocenters. The van der Waals surface area contributed by atoms with Gasteiger partial charge in [0.15, 0.2) is 0 Å². The second kappa shape index (κ2) is 9.94. The van der Waals surface area contributed by atoms with Crippen LogP contribution in [-0.2, 0) is 4.79 Å². The number of hydrogen-bond acceptors (Lipinski definition) is 3. The molecular formula is C23H29ClN2O2. The Balaban J connectivity index is 1.45. The summed E-state index contributed by atoms with van der Waals surface area (Å²) in [6, 6.07) is 7.59. The number of amides is 1. The molecule has 0 saturated carbocycles. The van der Waals surface area contributed by atoms with Crippen molar-refractivity contribution < 1.29 is 9.53 Å². The normalized spacial score (nSPS) is 19.5. The second-order valence-electron chi connectivity index (χ2n) is 7.45. The monoisotopic (exact) mass is 400 g/mol. The highest BCUT2D eigenvalue weighted by Gasteiger charge is 2.25. The van der Waals surface area contributed by atoms with Crippen LogP contribution in [0.25, 0.3) is 0 Å². The summed E-state index contributed by atoms with van der Waals surface area (Å²) in [5.41, 5.74) is 1.98. The van der Waals surface area contributed by atoms with Gasteiger partial charge < -0.3 is 14.5 Å². The number of carbonyl (C=O) groups excluding carboxylic acids is 1. The summed E-state index contributed by atoms with van der Waals surface area (Å²) in [6.07, 6.45) is 8.59. The molecule has 0 spiro atoms. The number of carbonyl (C=O) groups is 1. The van der Waals surface area contributed by atoms with Crippen LogP contribution in [0.2, 0.25) is 5.02 Å². The van der Waals surface area contributed by atoms with Crippen molar-refractivity contribution in [3.05, 3.63) is 65.2 Å². The number of nitrogens with zero attached hydrogens (tertiary/aromatic N) is 2. The summed E-state index contributed by atoms with van der Waals surface area (Å²) >= 11 is 6.03. The lowest BCUT2D eigenvalue weighted by Gasteiger charge is -2.35. The number of rotatable bonds is 7. The van der Waals surface area contributed by atoms with E-state index in [0.717, 1.165) is 63.3 Å². The first-order valence-corrected chi connectivity index (χ1v) is 10.4. The van der Waals surface area contributed by atoms with Crippen molar-refractivity contribution in [1.82, 2.24) is 9.80 Å².